The first-order valence-corrected chi connectivity index (χ1v) is 14.2. The molecular formula is C27H42N4O5S. The minimum absolute atomic E-state index is 0.0743. The number of ether oxygens (including phenoxy) is 1. The van der Waals surface area contributed by atoms with E-state index in [9.17, 15) is 19.5 Å². The first kappa shape index (κ1) is 28.1. The van der Waals surface area contributed by atoms with Crippen LogP contribution in [0.3, 0.4) is 0 Å². The smallest absolute Gasteiger partial charge is 0.247 e. The van der Waals surface area contributed by atoms with Crippen LogP contribution in [-0.2, 0) is 19.1 Å². The van der Waals surface area contributed by atoms with Crippen molar-refractivity contribution in [1.29, 1.82) is 0 Å². The summed E-state index contributed by atoms with van der Waals surface area (Å²) >= 11 is 1.66. The number of fused-ring (bicyclic) bond motifs is 1. The molecule has 1 spiro atoms. The van der Waals surface area contributed by atoms with Crippen molar-refractivity contribution in [1.82, 2.24) is 19.6 Å². The van der Waals surface area contributed by atoms with Gasteiger partial charge < -0.3 is 24.5 Å². The minimum Gasteiger partial charge on any atom is -0.394 e. The number of morpholine rings is 1. The Balaban J connectivity index is 1.68. The van der Waals surface area contributed by atoms with E-state index in [1.165, 1.54) is 0 Å². The van der Waals surface area contributed by atoms with Crippen LogP contribution in [0.25, 0.3) is 0 Å². The molecule has 37 heavy (non-hydrogen) atoms. The van der Waals surface area contributed by atoms with Crippen molar-refractivity contribution < 1.29 is 24.2 Å². The van der Waals surface area contributed by atoms with Crippen LogP contribution >= 0.6 is 11.8 Å². The number of aliphatic hydroxyl groups excluding tert-OH is 1. The van der Waals surface area contributed by atoms with E-state index in [4.69, 9.17) is 4.74 Å². The maximum Gasteiger partial charge on any atom is 0.247 e. The van der Waals surface area contributed by atoms with Gasteiger partial charge >= 0.3 is 0 Å². The highest BCUT2D eigenvalue weighted by molar-refractivity contribution is 8.02. The molecule has 6 atom stereocenters. The minimum atomic E-state index is -0.730. The molecule has 0 aromatic heterocycles. The first-order valence-electron chi connectivity index (χ1n) is 13.3. The van der Waals surface area contributed by atoms with E-state index >= 15 is 0 Å². The number of amides is 3. The average Bonchev–Trinajstić information content (AvgIpc) is 3.46. The van der Waals surface area contributed by atoms with Gasteiger partial charge in [0, 0.05) is 51.1 Å². The Kier molecular flexibility index (Phi) is 8.43. The highest BCUT2D eigenvalue weighted by Crippen LogP contribution is 2.71. The fourth-order valence-corrected chi connectivity index (χ4v) is 9.14. The first-order chi connectivity index (χ1) is 17.6. The Hall–Kier alpha value is -1.88. The lowest BCUT2D eigenvalue weighted by molar-refractivity contribution is -0.147. The lowest BCUT2D eigenvalue weighted by Crippen LogP contribution is -2.57. The van der Waals surface area contributed by atoms with Crippen LogP contribution in [0.5, 0.6) is 0 Å². The number of carbonyl (C=O) groups is 3. The van der Waals surface area contributed by atoms with Gasteiger partial charge in [-0.2, -0.15) is 0 Å². The Labute approximate surface area is 224 Å². The molecule has 0 radical (unpaired) electrons. The number of hydrogen-bond acceptors (Lipinski definition) is 7. The van der Waals surface area contributed by atoms with Crippen LogP contribution in [-0.4, -0.2) is 130 Å². The van der Waals surface area contributed by atoms with E-state index in [2.05, 4.69) is 25.0 Å². The Morgan fingerprint density at radius 3 is 2.51 bits per heavy atom. The maximum atomic E-state index is 14.4. The molecule has 3 amide bonds. The van der Waals surface area contributed by atoms with Crippen molar-refractivity contribution in [2.75, 3.05) is 66.1 Å². The summed E-state index contributed by atoms with van der Waals surface area (Å²) in [5.74, 6) is -1.49. The molecule has 4 aliphatic heterocycles. The summed E-state index contributed by atoms with van der Waals surface area (Å²) in [6.45, 7) is 16.3. The third-order valence-electron chi connectivity index (χ3n) is 8.68. The summed E-state index contributed by atoms with van der Waals surface area (Å²) in [6.07, 6.45) is 4.86. The number of aliphatic hydroxyl groups is 1. The molecule has 0 saturated carbocycles. The Morgan fingerprint density at radius 2 is 1.89 bits per heavy atom. The van der Waals surface area contributed by atoms with Gasteiger partial charge in [0.1, 0.15) is 6.04 Å². The van der Waals surface area contributed by atoms with E-state index in [1.54, 1.807) is 52.6 Å². The van der Waals surface area contributed by atoms with Crippen molar-refractivity contribution in [2.45, 2.75) is 48.3 Å². The average molecular weight is 535 g/mol. The zero-order valence-corrected chi connectivity index (χ0v) is 23.3. The number of carbonyl (C=O) groups excluding carboxylic acids is 3. The quantitative estimate of drug-likeness (QED) is 0.393. The third kappa shape index (κ3) is 4.75. The predicted octanol–water partition coefficient (Wildman–Crippen LogP) is 0.840. The van der Waals surface area contributed by atoms with Crippen LogP contribution < -0.4 is 0 Å². The van der Waals surface area contributed by atoms with Gasteiger partial charge in [-0.15, -0.1) is 24.9 Å². The third-order valence-corrected chi connectivity index (χ3v) is 10.7. The molecule has 206 valence electrons. The maximum absolute atomic E-state index is 14.4. The van der Waals surface area contributed by atoms with Crippen molar-refractivity contribution >= 4 is 29.5 Å². The molecule has 10 heteroatoms. The van der Waals surface area contributed by atoms with Crippen molar-refractivity contribution in [3.63, 3.8) is 0 Å². The number of likely N-dealkylation sites (tertiary alicyclic amines) is 1. The summed E-state index contributed by atoms with van der Waals surface area (Å²) in [4.78, 5) is 49.5. The zero-order chi connectivity index (χ0) is 27.0. The second-order valence-electron chi connectivity index (χ2n) is 11.0. The summed E-state index contributed by atoms with van der Waals surface area (Å²) in [6, 6.07) is -1.26. The summed E-state index contributed by atoms with van der Waals surface area (Å²) < 4.78 is 4.34. The van der Waals surface area contributed by atoms with E-state index in [0.29, 0.717) is 45.8 Å². The molecule has 4 aliphatic rings. The van der Waals surface area contributed by atoms with Gasteiger partial charge in [0.25, 0.3) is 0 Å². The largest absolute Gasteiger partial charge is 0.394 e. The van der Waals surface area contributed by atoms with E-state index in [-0.39, 0.29) is 24.3 Å². The van der Waals surface area contributed by atoms with Gasteiger partial charge in [0.05, 0.1) is 42.4 Å². The molecule has 0 aliphatic carbocycles. The number of hydrogen-bond donors (Lipinski definition) is 1. The normalized spacial score (nSPS) is 33.8. The van der Waals surface area contributed by atoms with Crippen LogP contribution in [0.15, 0.2) is 25.3 Å². The van der Waals surface area contributed by atoms with Crippen LogP contribution in [0.4, 0.5) is 0 Å². The SMILES string of the molecule is C=CCN(C)C(=O)[C@H]1[C@H]2C(=O)N([C@H](C)CO)C(C(=O)N(CC=C)CCN3CCOCC3)C23CC[C@]1(C)S3. The fourth-order valence-electron chi connectivity index (χ4n) is 6.81. The molecule has 4 fully saturated rings. The second-order valence-corrected chi connectivity index (χ2v) is 12.9. The van der Waals surface area contributed by atoms with Crippen LogP contribution in [0.1, 0.15) is 26.7 Å². The highest BCUT2D eigenvalue weighted by Gasteiger charge is 2.77. The van der Waals surface area contributed by atoms with Crippen molar-refractivity contribution in [3.05, 3.63) is 25.3 Å². The molecule has 1 N–H and O–H groups in total. The molecule has 4 rings (SSSR count). The summed E-state index contributed by atoms with van der Waals surface area (Å²) in [5.41, 5.74) is 0. The summed E-state index contributed by atoms with van der Waals surface area (Å²) in [5, 5.41) is 10.1. The molecule has 0 aromatic rings. The number of rotatable bonds is 11. The molecule has 9 nitrogen and oxygen atoms in total. The number of nitrogens with zero attached hydrogens (tertiary/aromatic N) is 4. The van der Waals surface area contributed by atoms with Gasteiger partial charge in [-0.25, -0.2) is 0 Å². The zero-order valence-electron chi connectivity index (χ0n) is 22.4. The highest BCUT2D eigenvalue weighted by atomic mass is 32.2. The van der Waals surface area contributed by atoms with Gasteiger partial charge in [0.2, 0.25) is 17.7 Å². The molecule has 2 unspecified atom stereocenters. The Morgan fingerprint density at radius 1 is 1.22 bits per heavy atom. The van der Waals surface area contributed by atoms with Crippen molar-refractivity contribution in [3.8, 4) is 0 Å². The van der Waals surface area contributed by atoms with E-state index < -0.39 is 33.4 Å². The number of likely N-dealkylation sites (N-methyl/N-ethyl adjacent to an activating group) is 1. The number of thioether (sulfide) groups is 1. The van der Waals surface area contributed by atoms with Gasteiger partial charge in [0.15, 0.2) is 0 Å². The van der Waals surface area contributed by atoms with Crippen LogP contribution in [0, 0.1) is 11.8 Å². The predicted molar refractivity (Wildman–Crippen MR) is 144 cm³/mol. The fraction of sp³-hybridized carbons (Fsp3) is 0.741. The molecule has 4 heterocycles. The van der Waals surface area contributed by atoms with Crippen molar-refractivity contribution in [2.24, 2.45) is 11.8 Å². The van der Waals surface area contributed by atoms with Gasteiger partial charge in [-0.3, -0.25) is 19.3 Å². The van der Waals surface area contributed by atoms with Crippen LogP contribution in [0.2, 0.25) is 0 Å². The standard InChI is InChI=1S/C27H42N4O5S/c1-6-10-28(5)23(33)20-21-24(34)31(19(3)18-32)22(27(21)9-8-26(20,4)37-27)25(35)30(11-7-2)13-12-29-14-16-36-17-15-29/h6-7,19-22,32H,1-2,8-18H2,3-5H3/t19-,20-,21+,22?,26+,27?/m1/s1. The monoisotopic (exact) mass is 534 g/mol. The van der Waals surface area contributed by atoms with E-state index in [1.807, 2.05) is 0 Å². The Bertz CT molecular complexity index is 926. The summed E-state index contributed by atoms with van der Waals surface area (Å²) in [7, 11) is 1.74. The lowest BCUT2D eigenvalue weighted by atomic mass is 9.66. The molecule has 0 aromatic carbocycles. The molecule has 4 saturated heterocycles. The van der Waals surface area contributed by atoms with E-state index in [0.717, 1.165) is 19.5 Å². The lowest BCUT2D eigenvalue weighted by Gasteiger charge is -2.39. The second kappa shape index (κ2) is 11.1. The molecular weight excluding hydrogens is 492 g/mol. The topological polar surface area (TPSA) is 93.6 Å². The van der Waals surface area contributed by atoms with Gasteiger partial charge in [-0.1, -0.05) is 12.2 Å². The van der Waals surface area contributed by atoms with Gasteiger partial charge in [-0.05, 0) is 26.7 Å². The molecule has 2 bridgehead atoms.